The molecule has 4 nitrogen and oxygen atoms in total. The maximum Gasteiger partial charge on any atom is 0.0698 e. The predicted octanol–water partition coefficient (Wildman–Crippen LogP) is 4.08. The Bertz CT molecular complexity index is 392. The number of hydrogen-bond acceptors (Lipinski definition) is 3. The van der Waals surface area contributed by atoms with Crippen LogP contribution < -0.4 is 5.32 Å². The van der Waals surface area contributed by atoms with Crippen molar-refractivity contribution in [3.63, 3.8) is 0 Å². The van der Waals surface area contributed by atoms with E-state index < -0.39 is 0 Å². The van der Waals surface area contributed by atoms with E-state index in [4.69, 9.17) is 4.74 Å². The summed E-state index contributed by atoms with van der Waals surface area (Å²) in [4.78, 5) is 0. The van der Waals surface area contributed by atoms with Crippen molar-refractivity contribution in [1.82, 2.24) is 15.1 Å². The Balaban J connectivity index is 2.88. The second kappa shape index (κ2) is 8.80. The molecule has 1 rings (SSSR count). The van der Waals surface area contributed by atoms with E-state index in [1.807, 2.05) is 6.20 Å². The third kappa shape index (κ3) is 4.86. The summed E-state index contributed by atoms with van der Waals surface area (Å²) in [6.07, 6.45) is 5.40. The summed E-state index contributed by atoms with van der Waals surface area (Å²) in [5.74, 6) is 0. The molecule has 0 saturated carbocycles. The maximum absolute atomic E-state index is 5.37. The van der Waals surface area contributed by atoms with Crippen LogP contribution in [0.3, 0.4) is 0 Å². The fourth-order valence-electron chi connectivity index (χ4n) is 2.26. The summed E-state index contributed by atoms with van der Waals surface area (Å²) in [5, 5.41) is 8.13. The van der Waals surface area contributed by atoms with Crippen molar-refractivity contribution in [1.29, 1.82) is 0 Å². The molecule has 1 N–H and O–H groups in total. The van der Waals surface area contributed by atoms with E-state index in [1.165, 1.54) is 5.69 Å². The fraction of sp³-hybridized carbons (Fsp3) is 0.800. The van der Waals surface area contributed by atoms with Crippen molar-refractivity contribution in [3.05, 3.63) is 16.4 Å². The molecule has 0 aliphatic carbocycles. The Morgan fingerprint density at radius 3 is 2.60 bits per heavy atom. The van der Waals surface area contributed by atoms with E-state index in [1.54, 1.807) is 7.11 Å². The Hall–Kier alpha value is -0.390. The van der Waals surface area contributed by atoms with Crippen LogP contribution in [0.15, 0.2) is 10.7 Å². The Morgan fingerprint density at radius 1 is 1.35 bits per heavy atom. The van der Waals surface area contributed by atoms with Gasteiger partial charge in [0.1, 0.15) is 0 Å². The van der Waals surface area contributed by atoms with Crippen LogP contribution >= 0.6 is 15.9 Å². The number of nitrogens with zero attached hydrogens (tertiary/aromatic N) is 2. The highest BCUT2D eigenvalue weighted by Gasteiger charge is 2.21. The van der Waals surface area contributed by atoms with Crippen LogP contribution in [-0.4, -0.2) is 29.5 Å². The molecule has 116 valence electrons. The first-order valence-electron chi connectivity index (χ1n) is 7.50. The number of halogens is 1. The van der Waals surface area contributed by atoms with Crippen LogP contribution in [0.4, 0.5) is 0 Å². The normalized spacial score (nSPS) is 14.8. The van der Waals surface area contributed by atoms with E-state index in [0.29, 0.717) is 12.1 Å². The second-order valence-corrected chi connectivity index (χ2v) is 6.40. The molecule has 0 spiro atoms. The van der Waals surface area contributed by atoms with Crippen molar-refractivity contribution < 1.29 is 4.74 Å². The molecule has 5 heteroatoms. The molecular formula is C15H28BrN3O. The minimum absolute atomic E-state index is 0.287. The van der Waals surface area contributed by atoms with Crippen LogP contribution in [-0.2, 0) is 4.74 Å². The van der Waals surface area contributed by atoms with E-state index in [0.717, 1.165) is 30.3 Å². The lowest BCUT2D eigenvalue weighted by Gasteiger charge is -2.23. The van der Waals surface area contributed by atoms with E-state index in [-0.39, 0.29) is 6.10 Å². The third-order valence-electron chi connectivity index (χ3n) is 3.51. The van der Waals surface area contributed by atoms with Gasteiger partial charge in [-0.05, 0) is 62.5 Å². The molecule has 0 bridgehead atoms. The van der Waals surface area contributed by atoms with Crippen LogP contribution in [0.1, 0.15) is 64.7 Å². The zero-order valence-electron chi connectivity index (χ0n) is 13.3. The van der Waals surface area contributed by atoms with E-state index in [2.05, 4.69) is 58.7 Å². The summed E-state index contributed by atoms with van der Waals surface area (Å²) >= 11 is 3.65. The standard InChI is InChI=1S/C15H28BrN3O/c1-6-9-17-14(8-7-12(4)20-5)15-13(16)10-18-19(15)11(2)3/h10-12,14,17H,6-9H2,1-5H3. The Labute approximate surface area is 131 Å². The van der Waals surface area contributed by atoms with Gasteiger partial charge in [0.2, 0.25) is 0 Å². The van der Waals surface area contributed by atoms with Crippen molar-refractivity contribution in [2.45, 2.75) is 65.1 Å². The van der Waals surface area contributed by atoms with Crippen molar-refractivity contribution in [2.24, 2.45) is 0 Å². The molecule has 0 fully saturated rings. The van der Waals surface area contributed by atoms with Gasteiger partial charge in [-0.15, -0.1) is 0 Å². The summed E-state index contributed by atoms with van der Waals surface area (Å²) in [6, 6.07) is 0.675. The van der Waals surface area contributed by atoms with Gasteiger partial charge < -0.3 is 10.1 Å². The number of nitrogens with one attached hydrogen (secondary N) is 1. The molecule has 1 heterocycles. The lowest BCUT2D eigenvalue weighted by atomic mass is 10.0. The average Bonchev–Trinajstić information content (AvgIpc) is 2.80. The maximum atomic E-state index is 5.37. The highest BCUT2D eigenvalue weighted by molar-refractivity contribution is 9.10. The summed E-state index contributed by atoms with van der Waals surface area (Å²) in [6.45, 7) is 9.65. The molecular weight excluding hydrogens is 318 g/mol. The highest BCUT2D eigenvalue weighted by Crippen LogP contribution is 2.29. The highest BCUT2D eigenvalue weighted by atomic mass is 79.9. The van der Waals surface area contributed by atoms with Gasteiger partial charge in [-0.1, -0.05) is 6.92 Å². The lowest BCUT2D eigenvalue weighted by Crippen LogP contribution is -2.27. The molecule has 1 aromatic heterocycles. The average molecular weight is 346 g/mol. The molecule has 0 radical (unpaired) electrons. The van der Waals surface area contributed by atoms with Crippen LogP contribution in [0.25, 0.3) is 0 Å². The van der Waals surface area contributed by atoms with Crippen LogP contribution in [0, 0.1) is 0 Å². The topological polar surface area (TPSA) is 39.1 Å². The number of hydrogen-bond donors (Lipinski definition) is 1. The molecule has 1 aromatic rings. The quantitative estimate of drug-likeness (QED) is 0.732. The minimum atomic E-state index is 0.287. The first-order chi connectivity index (χ1) is 9.51. The molecule has 2 unspecified atom stereocenters. The second-order valence-electron chi connectivity index (χ2n) is 5.55. The molecule has 0 aliphatic rings. The Morgan fingerprint density at radius 2 is 2.05 bits per heavy atom. The molecule has 0 amide bonds. The first-order valence-corrected chi connectivity index (χ1v) is 8.29. The third-order valence-corrected chi connectivity index (χ3v) is 4.12. The first kappa shape index (κ1) is 17.7. The van der Waals surface area contributed by atoms with Gasteiger partial charge in [0, 0.05) is 13.2 Å². The van der Waals surface area contributed by atoms with Gasteiger partial charge in [-0.3, -0.25) is 4.68 Å². The number of aromatic nitrogens is 2. The Kier molecular flexibility index (Phi) is 7.77. The number of rotatable bonds is 9. The largest absolute Gasteiger partial charge is 0.382 e. The molecule has 2 atom stereocenters. The predicted molar refractivity (Wildman–Crippen MR) is 87.1 cm³/mol. The van der Waals surface area contributed by atoms with Crippen molar-refractivity contribution >= 4 is 15.9 Å². The zero-order chi connectivity index (χ0) is 15.1. The lowest BCUT2D eigenvalue weighted by molar-refractivity contribution is 0.105. The summed E-state index contributed by atoms with van der Waals surface area (Å²) in [7, 11) is 1.77. The van der Waals surface area contributed by atoms with Gasteiger partial charge >= 0.3 is 0 Å². The zero-order valence-corrected chi connectivity index (χ0v) is 14.9. The van der Waals surface area contributed by atoms with Crippen LogP contribution in [0.2, 0.25) is 0 Å². The molecule has 20 heavy (non-hydrogen) atoms. The SMILES string of the molecule is CCCNC(CCC(C)OC)c1c(Br)cnn1C(C)C. The molecule has 0 saturated heterocycles. The number of methoxy groups -OCH3 is 1. The van der Waals surface area contributed by atoms with Crippen molar-refractivity contribution in [2.75, 3.05) is 13.7 Å². The smallest absolute Gasteiger partial charge is 0.0698 e. The van der Waals surface area contributed by atoms with E-state index in [9.17, 15) is 0 Å². The summed E-state index contributed by atoms with van der Waals surface area (Å²) in [5.41, 5.74) is 1.25. The van der Waals surface area contributed by atoms with Crippen molar-refractivity contribution in [3.8, 4) is 0 Å². The van der Waals surface area contributed by atoms with Gasteiger partial charge in [-0.2, -0.15) is 5.10 Å². The van der Waals surface area contributed by atoms with Gasteiger partial charge in [0.05, 0.1) is 28.5 Å². The summed E-state index contributed by atoms with van der Waals surface area (Å²) < 4.78 is 8.56. The van der Waals surface area contributed by atoms with E-state index >= 15 is 0 Å². The molecule has 0 aromatic carbocycles. The minimum Gasteiger partial charge on any atom is -0.382 e. The fourth-order valence-corrected chi connectivity index (χ4v) is 2.81. The van der Waals surface area contributed by atoms with Crippen LogP contribution in [0.5, 0.6) is 0 Å². The molecule has 0 aliphatic heterocycles. The van der Waals surface area contributed by atoms with Gasteiger partial charge in [0.25, 0.3) is 0 Å². The van der Waals surface area contributed by atoms with Gasteiger partial charge in [0.15, 0.2) is 0 Å². The van der Waals surface area contributed by atoms with Gasteiger partial charge in [-0.25, -0.2) is 0 Å². The number of ether oxygens (including phenoxy) is 1. The monoisotopic (exact) mass is 345 g/mol.